The predicted molar refractivity (Wildman–Crippen MR) is 166 cm³/mol. The molecule has 1 unspecified atom stereocenters. The summed E-state index contributed by atoms with van der Waals surface area (Å²) in [7, 11) is 0.468. The summed E-state index contributed by atoms with van der Waals surface area (Å²) in [5, 5.41) is 1.49. The predicted octanol–water partition coefficient (Wildman–Crippen LogP) is 7.70. The Labute approximate surface area is 242 Å². The van der Waals surface area contributed by atoms with Gasteiger partial charge in [0.05, 0.1) is 29.5 Å². The Balaban J connectivity index is 1.43. The van der Waals surface area contributed by atoms with Crippen LogP contribution in [0, 0.1) is 12.8 Å². The van der Waals surface area contributed by atoms with E-state index in [1.54, 1.807) is 7.11 Å². The van der Waals surface area contributed by atoms with Crippen molar-refractivity contribution in [2.75, 3.05) is 18.6 Å². The second kappa shape index (κ2) is 10.6. The van der Waals surface area contributed by atoms with Gasteiger partial charge in [-0.3, -0.25) is 0 Å². The van der Waals surface area contributed by atoms with Crippen LogP contribution in [0.15, 0.2) is 30.6 Å². The number of aryl methyl sites for hydroxylation is 1. The number of anilines is 1. The van der Waals surface area contributed by atoms with Gasteiger partial charge in [-0.2, -0.15) is 0 Å². The molecule has 0 N–H and O–H groups in total. The van der Waals surface area contributed by atoms with Gasteiger partial charge in [0.25, 0.3) is 0 Å². The van der Waals surface area contributed by atoms with Crippen LogP contribution in [0.3, 0.4) is 0 Å². The Morgan fingerprint density at radius 3 is 2.52 bits per heavy atom. The van der Waals surface area contributed by atoms with Crippen molar-refractivity contribution < 1.29 is 9.47 Å². The van der Waals surface area contributed by atoms with E-state index in [-0.39, 0.29) is 0 Å². The van der Waals surface area contributed by atoms with Crippen molar-refractivity contribution >= 4 is 47.6 Å². The molecule has 7 nitrogen and oxygen atoms in total. The Morgan fingerprint density at radius 1 is 1.07 bits per heavy atom. The molecule has 0 saturated carbocycles. The maximum absolute atomic E-state index is 7.07. The van der Waals surface area contributed by atoms with Gasteiger partial charge < -0.3 is 18.9 Å². The second-order valence-electron chi connectivity index (χ2n) is 12.9. The first-order valence-corrected chi connectivity index (χ1v) is 18.6. The molecule has 0 amide bonds. The van der Waals surface area contributed by atoms with Crippen LogP contribution < -0.4 is 9.64 Å². The number of methoxy groups -OCH3 is 1. The fraction of sp³-hybridized carbons (Fsp3) is 0.516. The highest BCUT2D eigenvalue weighted by molar-refractivity contribution is 6.76. The van der Waals surface area contributed by atoms with E-state index >= 15 is 0 Å². The maximum Gasteiger partial charge on any atom is 0.163 e. The van der Waals surface area contributed by atoms with E-state index in [9.17, 15) is 0 Å². The summed E-state index contributed by atoms with van der Waals surface area (Å²) in [6, 6.07) is 8.26. The van der Waals surface area contributed by atoms with E-state index in [1.165, 1.54) is 25.7 Å². The quantitative estimate of drug-likeness (QED) is 0.158. The van der Waals surface area contributed by atoms with Crippen molar-refractivity contribution in [2.24, 2.45) is 5.92 Å². The van der Waals surface area contributed by atoms with Gasteiger partial charge in [0.15, 0.2) is 5.65 Å². The van der Waals surface area contributed by atoms with Gasteiger partial charge in [-0.1, -0.05) is 44.2 Å². The van der Waals surface area contributed by atoms with Crippen molar-refractivity contribution in [3.63, 3.8) is 0 Å². The number of halogens is 1. The van der Waals surface area contributed by atoms with Crippen LogP contribution in [0.2, 0.25) is 30.7 Å². The molecule has 3 aromatic heterocycles. The average molecular weight is 578 g/mol. The van der Waals surface area contributed by atoms with Crippen LogP contribution in [0.1, 0.15) is 38.3 Å². The first-order chi connectivity index (χ1) is 19.1. The lowest BCUT2D eigenvalue weighted by molar-refractivity contribution is 0.0899. The van der Waals surface area contributed by atoms with Gasteiger partial charge in [-0.05, 0) is 56.7 Å². The number of piperidine rings is 1. The van der Waals surface area contributed by atoms with Crippen molar-refractivity contribution in [1.82, 2.24) is 19.5 Å². The second-order valence-corrected chi connectivity index (χ2v) is 18.9. The highest BCUT2D eigenvalue weighted by Gasteiger charge is 2.40. The normalized spacial score (nSPS) is 21.1. The Morgan fingerprint density at radius 2 is 1.82 bits per heavy atom. The first kappa shape index (κ1) is 27.5. The Kier molecular flexibility index (Phi) is 7.30. The lowest BCUT2D eigenvalue weighted by Gasteiger charge is -2.38. The summed E-state index contributed by atoms with van der Waals surface area (Å²) in [5.41, 5.74) is 5.21. The Hall–Kier alpha value is -2.68. The highest BCUT2D eigenvalue weighted by Crippen LogP contribution is 2.43. The molecule has 212 valence electrons. The zero-order valence-corrected chi connectivity index (χ0v) is 26.3. The SMILES string of the molecule is COc1cc2c(Cl)c(-c3cn(COCC[Si](C)(C)C)c4nc(N5[C@@H]6CC[C@H]5CC(C)C6)cnc34)ccc2nc1C. The number of hydrogen-bond donors (Lipinski definition) is 0. The third kappa shape index (κ3) is 5.10. The smallest absolute Gasteiger partial charge is 0.163 e. The number of hydrogen-bond acceptors (Lipinski definition) is 6. The third-order valence-electron chi connectivity index (χ3n) is 8.60. The zero-order valence-electron chi connectivity index (χ0n) is 24.5. The Bertz CT molecular complexity index is 1550. The molecule has 2 aliphatic rings. The average Bonchev–Trinajstić information content (AvgIpc) is 3.40. The van der Waals surface area contributed by atoms with Crippen LogP contribution >= 0.6 is 11.6 Å². The van der Waals surface area contributed by atoms with Gasteiger partial charge in [0.2, 0.25) is 0 Å². The minimum Gasteiger partial charge on any atom is -0.495 e. The number of fused-ring (bicyclic) bond motifs is 4. The minimum atomic E-state index is -1.19. The summed E-state index contributed by atoms with van der Waals surface area (Å²) in [5.74, 6) is 2.47. The molecule has 4 aromatic rings. The standard InChI is InChI=1S/C31H40ClN5O2Si/c1-19-13-21-7-8-22(14-19)37(21)28-16-33-30-25(17-36(31(30)35-28)18-39-11-12-40(4,5)6)23-9-10-26-24(29(23)32)15-27(38-3)20(2)34-26/h9-10,15-17,19,21-22H,7-8,11-14,18H2,1-6H3/t19?,21-,22+. The van der Waals surface area contributed by atoms with Crippen LogP contribution in [0.25, 0.3) is 33.2 Å². The molecule has 9 heteroatoms. The van der Waals surface area contributed by atoms with Crippen LogP contribution in [-0.2, 0) is 11.5 Å². The summed E-state index contributed by atoms with van der Waals surface area (Å²) >= 11 is 7.07. The fourth-order valence-electron chi connectivity index (χ4n) is 6.53. The molecule has 5 heterocycles. The molecule has 1 aromatic carbocycles. The van der Waals surface area contributed by atoms with Crippen LogP contribution in [0.4, 0.5) is 5.82 Å². The third-order valence-corrected chi connectivity index (χ3v) is 10.7. The lowest BCUT2D eigenvalue weighted by atomic mass is 9.92. The number of ether oxygens (including phenoxy) is 2. The van der Waals surface area contributed by atoms with E-state index in [1.807, 2.05) is 31.3 Å². The van der Waals surface area contributed by atoms with Gasteiger partial charge >= 0.3 is 0 Å². The first-order valence-electron chi connectivity index (χ1n) is 14.5. The minimum absolute atomic E-state index is 0.433. The van der Waals surface area contributed by atoms with Crippen molar-refractivity contribution in [3.05, 3.63) is 41.3 Å². The molecule has 0 aliphatic carbocycles. The molecular formula is C31H40ClN5O2Si. The van der Waals surface area contributed by atoms with Crippen molar-refractivity contribution in [2.45, 2.75) is 84.0 Å². The molecule has 3 atom stereocenters. The molecular weight excluding hydrogens is 538 g/mol. The van der Waals surface area contributed by atoms with Gasteiger partial charge in [-0.15, -0.1) is 0 Å². The number of benzene rings is 1. The monoisotopic (exact) mass is 577 g/mol. The van der Waals surface area contributed by atoms with E-state index in [2.05, 4.69) is 42.2 Å². The molecule has 0 spiro atoms. The number of rotatable bonds is 8. The molecule has 40 heavy (non-hydrogen) atoms. The molecule has 2 bridgehead atoms. The largest absolute Gasteiger partial charge is 0.495 e. The lowest BCUT2D eigenvalue weighted by Crippen LogP contribution is -2.43. The van der Waals surface area contributed by atoms with E-state index in [4.69, 9.17) is 36.0 Å². The van der Waals surface area contributed by atoms with E-state index in [0.717, 1.165) is 69.0 Å². The van der Waals surface area contributed by atoms with Crippen molar-refractivity contribution in [3.8, 4) is 16.9 Å². The summed E-state index contributed by atoms with van der Waals surface area (Å²) in [4.78, 5) is 17.5. The van der Waals surface area contributed by atoms with Gasteiger partial charge in [0, 0.05) is 49.5 Å². The molecule has 2 saturated heterocycles. The maximum atomic E-state index is 7.07. The van der Waals surface area contributed by atoms with Crippen LogP contribution in [0.5, 0.6) is 5.75 Å². The van der Waals surface area contributed by atoms with Gasteiger partial charge in [-0.25, -0.2) is 15.0 Å². The van der Waals surface area contributed by atoms with Gasteiger partial charge in [0.1, 0.15) is 23.8 Å². The summed E-state index contributed by atoms with van der Waals surface area (Å²) in [6.45, 7) is 12.6. The van der Waals surface area contributed by atoms with Crippen LogP contribution in [-0.4, -0.2) is 53.4 Å². The molecule has 6 rings (SSSR count). The van der Waals surface area contributed by atoms with E-state index < -0.39 is 8.07 Å². The fourth-order valence-corrected chi connectivity index (χ4v) is 7.60. The molecule has 0 radical (unpaired) electrons. The number of nitrogens with zero attached hydrogens (tertiary/aromatic N) is 5. The van der Waals surface area contributed by atoms with Crippen molar-refractivity contribution in [1.29, 1.82) is 0 Å². The number of aromatic nitrogens is 4. The zero-order chi connectivity index (χ0) is 28.2. The topological polar surface area (TPSA) is 65.3 Å². The number of pyridine rings is 1. The highest BCUT2D eigenvalue weighted by atomic mass is 35.5. The molecule has 2 fully saturated rings. The summed E-state index contributed by atoms with van der Waals surface area (Å²) in [6.07, 6.45) is 9.00. The molecule has 2 aliphatic heterocycles. The van der Waals surface area contributed by atoms with E-state index in [0.29, 0.717) is 23.8 Å². The summed E-state index contributed by atoms with van der Waals surface area (Å²) < 4.78 is 13.9.